The maximum Gasteiger partial charge on any atom is 0.290 e. The number of amides is 1. The van der Waals surface area contributed by atoms with Crippen LogP contribution in [0.4, 0.5) is 0 Å². The lowest BCUT2D eigenvalue weighted by atomic mass is 9.94. The van der Waals surface area contributed by atoms with Crippen LogP contribution in [0.1, 0.15) is 47.1 Å². The van der Waals surface area contributed by atoms with E-state index in [1.165, 1.54) is 4.90 Å². The van der Waals surface area contributed by atoms with Crippen molar-refractivity contribution in [2.45, 2.75) is 33.4 Å². The molecule has 1 aromatic heterocycles. The quantitative estimate of drug-likeness (QED) is 0.280. The van der Waals surface area contributed by atoms with E-state index in [2.05, 4.69) is 13.8 Å². The minimum Gasteiger partial charge on any atom is -0.503 e. The molecule has 1 unspecified atom stereocenters. The zero-order valence-electron chi connectivity index (χ0n) is 21.1. The number of ketones is 1. The number of furan rings is 1. The van der Waals surface area contributed by atoms with Gasteiger partial charge in [0.2, 0.25) is 5.78 Å². The molecule has 0 radical (unpaired) electrons. The highest BCUT2D eigenvalue weighted by Crippen LogP contribution is 2.40. The number of para-hydroxylation sites is 1. The molecule has 6 nitrogen and oxygen atoms in total. The predicted molar refractivity (Wildman–Crippen MR) is 141 cm³/mol. The third-order valence-corrected chi connectivity index (χ3v) is 6.42. The summed E-state index contributed by atoms with van der Waals surface area (Å²) in [5.74, 6) is -0.397. The molecule has 1 amide bonds. The number of nitrogens with zero attached hydrogens (tertiary/aromatic N) is 1. The minimum absolute atomic E-state index is 0.0199. The van der Waals surface area contributed by atoms with Gasteiger partial charge >= 0.3 is 0 Å². The van der Waals surface area contributed by atoms with E-state index in [4.69, 9.17) is 9.15 Å². The van der Waals surface area contributed by atoms with Crippen LogP contribution in [0.5, 0.6) is 5.75 Å². The van der Waals surface area contributed by atoms with E-state index in [-0.39, 0.29) is 17.9 Å². The van der Waals surface area contributed by atoms with E-state index in [9.17, 15) is 14.7 Å². The normalized spacial score (nSPS) is 15.7. The van der Waals surface area contributed by atoms with Crippen LogP contribution in [0, 0.1) is 12.8 Å². The van der Waals surface area contributed by atoms with E-state index < -0.39 is 23.5 Å². The molecule has 0 fully saturated rings. The molecule has 4 aromatic rings. The molecule has 3 aromatic carbocycles. The molecular formula is C31H29NO5. The number of ether oxygens (including phenoxy) is 1. The van der Waals surface area contributed by atoms with Crippen LogP contribution in [0.2, 0.25) is 0 Å². The molecule has 1 aliphatic rings. The van der Waals surface area contributed by atoms with Crippen LogP contribution in [0.3, 0.4) is 0 Å². The standard InChI is InChI=1S/C31H29NO5/c1-19(2)18-36-24-13-11-21(12-14-24)17-32-28(23-9-6-7-20(3)15-23)27(30(34)31(32)35)29(33)26-16-22-8-4-5-10-25(22)37-26/h4-16,19,28,34H,17-18H2,1-3H3. The van der Waals surface area contributed by atoms with Crippen LogP contribution in [0.25, 0.3) is 11.0 Å². The number of aryl methyl sites for hydroxylation is 1. The SMILES string of the molecule is Cc1cccc(C2C(C(=O)c3cc4ccccc4o3)=C(O)C(=O)N2Cc2ccc(OCC(C)C)cc2)c1. The van der Waals surface area contributed by atoms with Crippen molar-refractivity contribution in [3.8, 4) is 5.75 Å². The van der Waals surface area contributed by atoms with Gasteiger partial charge in [0.1, 0.15) is 11.3 Å². The van der Waals surface area contributed by atoms with Gasteiger partial charge in [0.15, 0.2) is 11.5 Å². The van der Waals surface area contributed by atoms with Crippen molar-refractivity contribution in [3.63, 3.8) is 0 Å². The Bertz CT molecular complexity index is 1460. The summed E-state index contributed by atoms with van der Waals surface area (Å²) in [7, 11) is 0. The summed E-state index contributed by atoms with van der Waals surface area (Å²) < 4.78 is 11.6. The fourth-order valence-corrected chi connectivity index (χ4v) is 4.61. The van der Waals surface area contributed by atoms with Crippen molar-refractivity contribution in [3.05, 3.63) is 113 Å². The van der Waals surface area contributed by atoms with Crippen molar-refractivity contribution >= 4 is 22.7 Å². The zero-order valence-corrected chi connectivity index (χ0v) is 21.1. The van der Waals surface area contributed by atoms with Crippen LogP contribution < -0.4 is 4.74 Å². The maximum atomic E-state index is 13.7. The Morgan fingerprint density at radius 3 is 2.49 bits per heavy atom. The third-order valence-electron chi connectivity index (χ3n) is 6.42. The molecular weight excluding hydrogens is 466 g/mol. The Labute approximate surface area is 215 Å². The molecule has 1 aliphatic heterocycles. The van der Waals surface area contributed by atoms with Crippen LogP contribution in [-0.2, 0) is 11.3 Å². The molecule has 1 atom stereocenters. The van der Waals surface area contributed by atoms with Crippen molar-refractivity contribution in [2.75, 3.05) is 6.61 Å². The van der Waals surface area contributed by atoms with Gasteiger partial charge in [-0.3, -0.25) is 9.59 Å². The van der Waals surface area contributed by atoms with Gasteiger partial charge in [-0.15, -0.1) is 0 Å². The molecule has 188 valence electrons. The van der Waals surface area contributed by atoms with Crippen LogP contribution in [0.15, 0.2) is 94.6 Å². The lowest BCUT2D eigenvalue weighted by molar-refractivity contribution is -0.130. The summed E-state index contributed by atoms with van der Waals surface area (Å²) in [5.41, 5.74) is 3.17. The second kappa shape index (κ2) is 9.97. The molecule has 37 heavy (non-hydrogen) atoms. The van der Waals surface area contributed by atoms with E-state index in [1.807, 2.05) is 73.7 Å². The molecule has 0 aliphatic carbocycles. The van der Waals surface area contributed by atoms with Crippen LogP contribution in [-0.4, -0.2) is 28.3 Å². The first kappa shape index (κ1) is 24.4. The fraction of sp³-hybridized carbons (Fsp3) is 0.226. The number of aliphatic hydroxyl groups excluding tert-OH is 1. The molecule has 2 heterocycles. The summed E-state index contributed by atoms with van der Waals surface area (Å²) in [6, 6.07) is 23.4. The van der Waals surface area contributed by atoms with Gasteiger partial charge in [0.25, 0.3) is 5.91 Å². The highest BCUT2D eigenvalue weighted by atomic mass is 16.5. The first-order valence-electron chi connectivity index (χ1n) is 12.4. The number of carbonyl (C=O) groups excluding carboxylic acids is 2. The second-order valence-electron chi connectivity index (χ2n) is 9.84. The monoisotopic (exact) mass is 495 g/mol. The number of benzene rings is 3. The molecule has 0 saturated heterocycles. The lowest BCUT2D eigenvalue weighted by Gasteiger charge is -2.27. The number of hydrogen-bond acceptors (Lipinski definition) is 5. The minimum atomic E-state index is -0.759. The van der Waals surface area contributed by atoms with Gasteiger partial charge in [-0.2, -0.15) is 0 Å². The van der Waals surface area contributed by atoms with Gasteiger partial charge in [-0.05, 0) is 48.2 Å². The molecule has 0 bridgehead atoms. The Morgan fingerprint density at radius 1 is 1.03 bits per heavy atom. The molecule has 1 N–H and O–H groups in total. The Hall–Kier alpha value is -4.32. The number of carbonyl (C=O) groups is 2. The van der Waals surface area contributed by atoms with E-state index >= 15 is 0 Å². The van der Waals surface area contributed by atoms with Crippen molar-refractivity contribution in [2.24, 2.45) is 5.92 Å². The predicted octanol–water partition coefficient (Wildman–Crippen LogP) is 6.55. The van der Waals surface area contributed by atoms with E-state index in [0.717, 1.165) is 27.8 Å². The summed E-state index contributed by atoms with van der Waals surface area (Å²) in [6.07, 6.45) is 0. The molecule has 6 heteroatoms. The third kappa shape index (κ3) is 4.87. The lowest BCUT2D eigenvalue weighted by Crippen LogP contribution is -2.30. The van der Waals surface area contributed by atoms with Gasteiger partial charge < -0.3 is 19.2 Å². The topological polar surface area (TPSA) is 80.0 Å². The maximum absolute atomic E-state index is 13.7. The molecule has 5 rings (SSSR count). The summed E-state index contributed by atoms with van der Waals surface area (Å²) in [4.78, 5) is 28.6. The van der Waals surface area contributed by atoms with Crippen LogP contribution >= 0.6 is 0 Å². The highest BCUT2D eigenvalue weighted by molar-refractivity contribution is 6.16. The van der Waals surface area contributed by atoms with Crippen molar-refractivity contribution in [1.29, 1.82) is 0 Å². The van der Waals surface area contributed by atoms with E-state index in [0.29, 0.717) is 18.1 Å². The summed E-state index contributed by atoms with van der Waals surface area (Å²) in [6.45, 7) is 6.95. The van der Waals surface area contributed by atoms with Gasteiger partial charge in [-0.25, -0.2) is 0 Å². The number of fused-ring (bicyclic) bond motifs is 1. The zero-order chi connectivity index (χ0) is 26.1. The first-order valence-corrected chi connectivity index (χ1v) is 12.4. The fourth-order valence-electron chi connectivity index (χ4n) is 4.61. The highest BCUT2D eigenvalue weighted by Gasteiger charge is 2.44. The van der Waals surface area contributed by atoms with Gasteiger partial charge in [0.05, 0.1) is 18.2 Å². The Morgan fingerprint density at radius 2 is 1.78 bits per heavy atom. The largest absolute Gasteiger partial charge is 0.503 e. The number of rotatable bonds is 8. The second-order valence-corrected chi connectivity index (χ2v) is 9.84. The average molecular weight is 496 g/mol. The summed E-state index contributed by atoms with van der Waals surface area (Å²) in [5, 5.41) is 11.8. The summed E-state index contributed by atoms with van der Waals surface area (Å²) >= 11 is 0. The average Bonchev–Trinajstić information content (AvgIpc) is 3.43. The smallest absolute Gasteiger partial charge is 0.290 e. The first-order chi connectivity index (χ1) is 17.8. The molecule has 0 spiro atoms. The van der Waals surface area contributed by atoms with Crippen molar-refractivity contribution < 1.29 is 23.8 Å². The number of Topliss-reactive ketones (excluding diaryl/α,β-unsaturated/α-hetero) is 1. The van der Waals surface area contributed by atoms with Gasteiger partial charge in [-0.1, -0.05) is 74.0 Å². The van der Waals surface area contributed by atoms with Crippen molar-refractivity contribution in [1.82, 2.24) is 4.90 Å². The number of aliphatic hydroxyl groups is 1. The Balaban J connectivity index is 1.50. The Kier molecular flexibility index (Phi) is 6.57. The van der Waals surface area contributed by atoms with Gasteiger partial charge in [0, 0.05) is 11.9 Å². The molecule has 0 saturated carbocycles. The number of hydrogen-bond donors (Lipinski definition) is 1. The van der Waals surface area contributed by atoms with E-state index in [1.54, 1.807) is 12.1 Å².